The molecule has 0 aliphatic carbocycles. The minimum atomic E-state index is -0.0729. The van der Waals surface area contributed by atoms with Gasteiger partial charge >= 0.3 is 0 Å². The van der Waals surface area contributed by atoms with Crippen LogP contribution in [0.3, 0.4) is 0 Å². The first-order valence-corrected chi connectivity index (χ1v) is 7.25. The van der Waals surface area contributed by atoms with Gasteiger partial charge in [0.1, 0.15) is 5.75 Å². The average molecular weight is 278 g/mol. The summed E-state index contributed by atoms with van der Waals surface area (Å²) in [7, 11) is 0. The molecule has 0 aliphatic heterocycles. The highest BCUT2D eigenvalue weighted by atomic mass is 16.5. The summed E-state index contributed by atoms with van der Waals surface area (Å²) in [6.07, 6.45) is 0. The van der Waals surface area contributed by atoms with E-state index in [0.29, 0.717) is 6.54 Å². The Balaban J connectivity index is 2.29. The molecule has 4 nitrogen and oxygen atoms in total. The van der Waals surface area contributed by atoms with E-state index in [2.05, 4.69) is 30.1 Å². The van der Waals surface area contributed by atoms with Crippen molar-refractivity contribution in [1.29, 1.82) is 0 Å². The van der Waals surface area contributed by atoms with Crippen LogP contribution >= 0.6 is 0 Å². The maximum Gasteiger partial charge on any atom is 0.257 e. The molecular formula is C16H26N2O2. The van der Waals surface area contributed by atoms with Crippen molar-refractivity contribution >= 4 is 5.91 Å². The largest absolute Gasteiger partial charge is 0.484 e. The van der Waals surface area contributed by atoms with Crippen molar-refractivity contribution in [2.24, 2.45) is 0 Å². The molecule has 4 heteroatoms. The minimum absolute atomic E-state index is 0.0706. The molecule has 0 aromatic heterocycles. The fourth-order valence-electron chi connectivity index (χ4n) is 2.11. The van der Waals surface area contributed by atoms with Gasteiger partial charge in [0.15, 0.2) is 6.61 Å². The van der Waals surface area contributed by atoms with Gasteiger partial charge < -0.3 is 15.0 Å². The van der Waals surface area contributed by atoms with Crippen LogP contribution in [0, 0.1) is 13.8 Å². The number of ether oxygens (including phenoxy) is 1. The van der Waals surface area contributed by atoms with Gasteiger partial charge in [0.25, 0.3) is 5.91 Å². The van der Waals surface area contributed by atoms with E-state index in [4.69, 9.17) is 4.74 Å². The van der Waals surface area contributed by atoms with Crippen LogP contribution in [0.2, 0.25) is 0 Å². The SMILES string of the molecule is CCN(CC)CCNC(=O)COc1cc(C)cc(C)c1. The molecule has 0 saturated carbocycles. The van der Waals surface area contributed by atoms with Crippen LogP contribution in [0.15, 0.2) is 18.2 Å². The lowest BCUT2D eigenvalue weighted by Gasteiger charge is -2.18. The van der Waals surface area contributed by atoms with Gasteiger partial charge in [-0.3, -0.25) is 4.79 Å². The first-order valence-electron chi connectivity index (χ1n) is 7.25. The smallest absolute Gasteiger partial charge is 0.257 e. The van der Waals surface area contributed by atoms with Gasteiger partial charge in [-0.25, -0.2) is 0 Å². The molecule has 0 heterocycles. The predicted octanol–water partition coefficient (Wildman–Crippen LogP) is 2.14. The highest BCUT2D eigenvalue weighted by Crippen LogP contribution is 2.15. The molecule has 1 amide bonds. The Bertz CT molecular complexity index is 408. The van der Waals surface area contributed by atoms with Crippen LogP contribution in [0.25, 0.3) is 0 Å². The highest BCUT2D eigenvalue weighted by Gasteiger charge is 2.04. The van der Waals surface area contributed by atoms with Crippen LogP contribution in [0.5, 0.6) is 5.75 Å². The van der Waals surface area contributed by atoms with Crippen molar-refractivity contribution in [2.75, 3.05) is 32.8 Å². The number of hydrogen-bond acceptors (Lipinski definition) is 3. The number of amides is 1. The third-order valence-corrected chi connectivity index (χ3v) is 3.21. The number of nitrogens with zero attached hydrogens (tertiary/aromatic N) is 1. The Hall–Kier alpha value is -1.55. The Kier molecular flexibility index (Phi) is 7.09. The number of carbonyl (C=O) groups is 1. The van der Waals surface area contributed by atoms with Gasteiger partial charge in [-0.2, -0.15) is 0 Å². The molecule has 1 aromatic carbocycles. The molecule has 0 fully saturated rings. The van der Waals surface area contributed by atoms with Gasteiger partial charge in [-0.05, 0) is 50.2 Å². The highest BCUT2D eigenvalue weighted by molar-refractivity contribution is 5.77. The summed E-state index contributed by atoms with van der Waals surface area (Å²) in [6, 6.07) is 5.96. The molecular weight excluding hydrogens is 252 g/mol. The molecule has 1 N–H and O–H groups in total. The second-order valence-electron chi connectivity index (χ2n) is 4.99. The molecule has 0 saturated heterocycles. The Morgan fingerprint density at radius 2 is 1.75 bits per heavy atom. The van der Waals surface area contributed by atoms with Crippen molar-refractivity contribution in [3.8, 4) is 5.75 Å². The van der Waals surface area contributed by atoms with Crippen LogP contribution in [0.1, 0.15) is 25.0 Å². The molecule has 20 heavy (non-hydrogen) atoms. The predicted molar refractivity (Wildman–Crippen MR) is 82.2 cm³/mol. The van der Waals surface area contributed by atoms with E-state index in [9.17, 15) is 4.79 Å². The lowest BCUT2D eigenvalue weighted by molar-refractivity contribution is -0.123. The van der Waals surface area contributed by atoms with E-state index in [0.717, 1.165) is 36.5 Å². The zero-order valence-electron chi connectivity index (χ0n) is 13.0. The number of aryl methyl sites for hydroxylation is 2. The maximum atomic E-state index is 11.7. The Morgan fingerprint density at radius 1 is 1.15 bits per heavy atom. The Morgan fingerprint density at radius 3 is 2.30 bits per heavy atom. The molecule has 1 aromatic rings. The van der Waals surface area contributed by atoms with E-state index < -0.39 is 0 Å². The summed E-state index contributed by atoms with van der Waals surface area (Å²) in [4.78, 5) is 14.0. The number of rotatable bonds is 8. The molecule has 0 radical (unpaired) electrons. The lowest BCUT2D eigenvalue weighted by Crippen LogP contribution is -2.36. The quantitative estimate of drug-likeness (QED) is 0.792. The topological polar surface area (TPSA) is 41.6 Å². The number of nitrogens with one attached hydrogen (secondary N) is 1. The zero-order valence-corrected chi connectivity index (χ0v) is 13.0. The van der Waals surface area contributed by atoms with Gasteiger partial charge in [0.05, 0.1) is 0 Å². The third-order valence-electron chi connectivity index (χ3n) is 3.21. The summed E-state index contributed by atoms with van der Waals surface area (Å²) >= 11 is 0. The van der Waals surface area contributed by atoms with Crippen molar-refractivity contribution in [3.05, 3.63) is 29.3 Å². The van der Waals surface area contributed by atoms with E-state index in [-0.39, 0.29) is 12.5 Å². The van der Waals surface area contributed by atoms with Crippen molar-refractivity contribution in [1.82, 2.24) is 10.2 Å². The first-order chi connectivity index (χ1) is 9.55. The second-order valence-corrected chi connectivity index (χ2v) is 4.99. The average Bonchev–Trinajstić information content (AvgIpc) is 2.40. The summed E-state index contributed by atoms with van der Waals surface area (Å²) in [6.45, 7) is 11.9. The van der Waals surface area contributed by atoms with E-state index in [1.54, 1.807) is 0 Å². The molecule has 1 rings (SSSR count). The van der Waals surface area contributed by atoms with Crippen molar-refractivity contribution in [3.63, 3.8) is 0 Å². The molecule has 112 valence electrons. The maximum absolute atomic E-state index is 11.7. The molecule has 0 unspecified atom stereocenters. The summed E-state index contributed by atoms with van der Waals surface area (Å²) in [5.41, 5.74) is 2.28. The number of hydrogen-bond donors (Lipinski definition) is 1. The summed E-state index contributed by atoms with van der Waals surface area (Å²) in [5, 5.41) is 2.88. The lowest BCUT2D eigenvalue weighted by atomic mass is 10.1. The minimum Gasteiger partial charge on any atom is -0.484 e. The third kappa shape index (κ3) is 6.06. The van der Waals surface area contributed by atoms with E-state index >= 15 is 0 Å². The van der Waals surface area contributed by atoms with Crippen LogP contribution in [0.4, 0.5) is 0 Å². The standard InChI is InChI=1S/C16H26N2O2/c1-5-18(6-2)8-7-17-16(19)12-20-15-10-13(3)9-14(4)11-15/h9-11H,5-8,12H2,1-4H3,(H,17,19). The van der Waals surface area contributed by atoms with Crippen molar-refractivity contribution in [2.45, 2.75) is 27.7 Å². The van der Waals surface area contributed by atoms with Gasteiger partial charge in [0, 0.05) is 13.1 Å². The normalized spacial score (nSPS) is 10.7. The fraction of sp³-hybridized carbons (Fsp3) is 0.562. The second kappa shape index (κ2) is 8.59. The van der Waals surface area contributed by atoms with Gasteiger partial charge in [-0.1, -0.05) is 19.9 Å². The number of carbonyl (C=O) groups excluding carboxylic acids is 1. The monoisotopic (exact) mass is 278 g/mol. The van der Waals surface area contributed by atoms with Gasteiger partial charge in [-0.15, -0.1) is 0 Å². The van der Waals surface area contributed by atoms with Crippen molar-refractivity contribution < 1.29 is 9.53 Å². The number of likely N-dealkylation sites (N-methyl/N-ethyl adjacent to an activating group) is 1. The van der Waals surface area contributed by atoms with Crippen LogP contribution < -0.4 is 10.1 Å². The van der Waals surface area contributed by atoms with Crippen LogP contribution in [-0.4, -0.2) is 43.6 Å². The zero-order chi connectivity index (χ0) is 15.0. The fourth-order valence-corrected chi connectivity index (χ4v) is 2.11. The molecule has 0 atom stereocenters. The summed E-state index contributed by atoms with van der Waals surface area (Å²) in [5.74, 6) is 0.678. The first kappa shape index (κ1) is 16.5. The number of benzene rings is 1. The van der Waals surface area contributed by atoms with Gasteiger partial charge in [0.2, 0.25) is 0 Å². The molecule has 0 aliphatic rings. The van der Waals surface area contributed by atoms with E-state index in [1.807, 2.05) is 26.0 Å². The van der Waals surface area contributed by atoms with E-state index in [1.165, 1.54) is 0 Å². The summed E-state index contributed by atoms with van der Waals surface area (Å²) < 4.78 is 5.51. The molecule has 0 bridgehead atoms. The Labute approximate surface area is 122 Å². The molecule has 0 spiro atoms. The van der Waals surface area contributed by atoms with Crippen LogP contribution in [-0.2, 0) is 4.79 Å².